The first-order valence-corrected chi connectivity index (χ1v) is 5.82. The standard InChI is InChI=1S/C12H12N2OS/c1-9(15)11-8-14-12(16-11)13-7-10-5-3-2-4-6-10/h2-6,8H,7H2,1H3,(H,13,14). The fourth-order valence-corrected chi connectivity index (χ4v) is 2.00. The Morgan fingerprint density at radius 2 is 2.12 bits per heavy atom. The van der Waals surface area contributed by atoms with Crippen LogP contribution in [0, 0.1) is 0 Å². The third-order valence-corrected chi connectivity index (χ3v) is 3.20. The zero-order valence-electron chi connectivity index (χ0n) is 8.93. The van der Waals surface area contributed by atoms with Crippen molar-refractivity contribution in [2.24, 2.45) is 0 Å². The highest BCUT2D eigenvalue weighted by atomic mass is 32.1. The summed E-state index contributed by atoms with van der Waals surface area (Å²) in [6.45, 7) is 2.28. The molecule has 4 heteroatoms. The first-order chi connectivity index (χ1) is 7.75. The third kappa shape index (κ3) is 2.67. The molecule has 1 N–H and O–H groups in total. The number of rotatable bonds is 4. The number of aromatic nitrogens is 1. The van der Waals surface area contributed by atoms with Gasteiger partial charge in [0.2, 0.25) is 0 Å². The third-order valence-electron chi connectivity index (χ3n) is 2.14. The molecule has 0 aliphatic rings. The summed E-state index contributed by atoms with van der Waals surface area (Å²) in [5.41, 5.74) is 1.20. The summed E-state index contributed by atoms with van der Waals surface area (Å²) in [6, 6.07) is 10.1. The van der Waals surface area contributed by atoms with Gasteiger partial charge in [-0.15, -0.1) is 0 Å². The summed E-state index contributed by atoms with van der Waals surface area (Å²) >= 11 is 1.39. The van der Waals surface area contributed by atoms with Crippen LogP contribution < -0.4 is 5.32 Å². The van der Waals surface area contributed by atoms with Crippen molar-refractivity contribution in [3.63, 3.8) is 0 Å². The van der Waals surface area contributed by atoms with Crippen LogP contribution in [0.4, 0.5) is 5.13 Å². The van der Waals surface area contributed by atoms with Gasteiger partial charge >= 0.3 is 0 Å². The predicted octanol–water partition coefficient (Wildman–Crippen LogP) is 2.96. The molecule has 0 bridgehead atoms. The zero-order chi connectivity index (χ0) is 11.4. The van der Waals surface area contributed by atoms with Gasteiger partial charge < -0.3 is 5.32 Å². The van der Waals surface area contributed by atoms with Crippen molar-refractivity contribution in [2.45, 2.75) is 13.5 Å². The maximum atomic E-state index is 11.1. The topological polar surface area (TPSA) is 42.0 Å². The monoisotopic (exact) mass is 232 g/mol. The lowest BCUT2D eigenvalue weighted by molar-refractivity contribution is 0.102. The normalized spacial score (nSPS) is 10.1. The molecule has 0 saturated carbocycles. The lowest BCUT2D eigenvalue weighted by Crippen LogP contribution is -1.97. The Labute approximate surface area is 98.2 Å². The summed E-state index contributed by atoms with van der Waals surface area (Å²) in [5, 5.41) is 3.98. The maximum Gasteiger partial charge on any atom is 0.183 e. The first kappa shape index (κ1) is 10.8. The van der Waals surface area contributed by atoms with E-state index in [9.17, 15) is 4.79 Å². The fourth-order valence-electron chi connectivity index (χ4n) is 1.29. The molecule has 82 valence electrons. The number of hydrogen-bond donors (Lipinski definition) is 1. The molecule has 0 aliphatic heterocycles. The predicted molar refractivity (Wildman–Crippen MR) is 65.9 cm³/mol. The lowest BCUT2D eigenvalue weighted by Gasteiger charge is -2.01. The number of carbonyl (C=O) groups excluding carboxylic acids is 1. The Morgan fingerprint density at radius 3 is 2.75 bits per heavy atom. The minimum Gasteiger partial charge on any atom is -0.357 e. The van der Waals surface area contributed by atoms with Crippen LogP contribution in [0.25, 0.3) is 0 Å². The minimum absolute atomic E-state index is 0.0604. The molecule has 2 aromatic rings. The van der Waals surface area contributed by atoms with E-state index in [0.29, 0.717) is 4.88 Å². The highest BCUT2D eigenvalue weighted by Gasteiger charge is 2.04. The van der Waals surface area contributed by atoms with Gasteiger partial charge in [0.05, 0.1) is 11.1 Å². The van der Waals surface area contributed by atoms with Crippen molar-refractivity contribution in [1.29, 1.82) is 0 Å². The largest absolute Gasteiger partial charge is 0.357 e. The fraction of sp³-hybridized carbons (Fsp3) is 0.167. The molecule has 16 heavy (non-hydrogen) atoms. The Hall–Kier alpha value is -1.68. The number of hydrogen-bond acceptors (Lipinski definition) is 4. The number of Topliss-reactive ketones (excluding diaryl/α,β-unsaturated/α-hetero) is 1. The molecule has 0 fully saturated rings. The average Bonchev–Trinajstić information content (AvgIpc) is 2.76. The molecule has 0 radical (unpaired) electrons. The van der Waals surface area contributed by atoms with E-state index in [0.717, 1.165) is 11.7 Å². The van der Waals surface area contributed by atoms with E-state index in [4.69, 9.17) is 0 Å². The van der Waals surface area contributed by atoms with Gasteiger partial charge in [-0.25, -0.2) is 4.98 Å². The SMILES string of the molecule is CC(=O)c1cnc(NCc2ccccc2)s1. The van der Waals surface area contributed by atoms with E-state index < -0.39 is 0 Å². The molecule has 0 unspecified atom stereocenters. The Morgan fingerprint density at radius 1 is 1.38 bits per heavy atom. The van der Waals surface area contributed by atoms with Gasteiger partial charge in [0.1, 0.15) is 0 Å². The van der Waals surface area contributed by atoms with Crippen molar-refractivity contribution in [1.82, 2.24) is 4.98 Å². The molecule has 0 saturated heterocycles. The van der Waals surface area contributed by atoms with Gasteiger partial charge in [0.15, 0.2) is 10.9 Å². The average molecular weight is 232 g/mol. The van der Waals surface area contributed by atoms with Gasteiger partial charge in [-0.3, -0.25) is 4.79 Å². The number of ketones is 1. The minimum atomic E-state index is 0.0604. The van der Waals surface area contributed by atoms with E-state index in [1.807, 2.05) is 30.3 Å². The second kappa shape index (κ2) is 4.90. The van der Waals surface area contributed by atoms with Crippen molar-refractivity contribution < 1.29 is 4.79 Å². The number of nitrogens with one attached hydrogen (secondary N) is 1. The van der Waals surface area contributed by atoms with Crippen molar-refractivity contribution in [3.8, 4) is 0 Å². The molecule has 1 aromatic carbocycles. The molecule has 1 aromatic heterocycles. The Balaban J connectivity index is 1.97. The van der Waals surface area contributed by atoms with Crippen molar-refractivity contribution >= 4 is 22.3 Å². The summed E-state index contributed by atoms with van der Waals surface area (Å²) in [5.74, 6) is 0.0604. The van der Waals surface area contributed by atoms with Gasteiger partial charge in [0.25, 0.3) is 0 Å². The first-order valence-electron chi connectivity index (χ1n) is 5.00. The molecule has 0 atom stereocenters. The van der Waals surface area contributed by atoms with Crippen molar-refractivity contribution in [2.75, 3.05) is 5.32 Å². The molecular weight excluding hydrogens is 220 g/mol. The summed E-state index contributed by atoms with van der Waals surface area (Å²) in [6.07, 6.45) is 1.61. The molecule has 2 rings (SSSR count). The van der Waals surface area contributed by atoms with Gasteiger partial charge in [-0.2, -0.15) is 0 Å². The molecular formula is C12H12N2OS. The van der Waals surface area contributed by atoms with Crippen molar-refractivity contribution in [3.05, 3.63) is 47.0 Å². The second-order valence-electron chi connectivity index (χ2n) is 3.43. The van der Waals surface area contributed by atoms with E-state index in [-0.39, 0.29) is 5.78 Å². The number of benzene rings is 1. The van der Waals surface area contributed by atoms with E-state index >= 15 is 0 Å². The van der Waals surface area contributed by atoms with Crippen LogP contribution in [0.2, 0.25) is 0 Å². The smallest absolute Gasteiger partial charge is 0.183 e. The summed E-state index contributed by atoms with van der Waals surface area (Å²) in [4.78, 5) is 15.9. The maximum absolute atomic E-state index is 11.1. The van der Waals surface area contributed by atoms with Crippen LogP contribution in [0.1, 0.15) is 22.2 Å². The van der Waals surface area contributed by atoms with Crippen LogP contribution in [-0.2, 0) is 6.54 Å². The quantitative estimate of drug-likeness (QED) is 0.824. The molecule has 0 aliphatic carbocycles. The van der Waals surface area contributed by atoms with Crippen LogP contribution >= 0.6 is 11.3 Å². The highest BCUT2D eigenvalue weighted by Crippen LogP contribution is 2.18. The number of carbonyl (C=O) groups is 1. The zero-order valence-corrected chi connectivity index (χ0v) is 9.75. The van der Waals surface area contributed by atoms with Crippen LogP contribution in [-0.4, -0.2) is 10.8 Å². The van der Waals surface area contributed by atoms with Crippen LogP contribution in [0.15, 0.2) is 36.5 Å². The summed E-state index contributed by atoms with van der Waals surface area (Å²) in [7, 11) is 0. The Kier molecular flexibility index (Phi) is 3.31. The number of nitrogens with zero attached hydrogens (tertiary/aromatic N) is 1. The van der Waals surface area contributed by atoms with E-state index in [2.05, 4.69) is 10.3 Å². The molecule has 3 nitrogen and oxygen atoms in total. The van der Waals surface area contributed by atoms with E-state index in [1.54, 1.807) is 13.1 Å². The van der Waals surface area contributed by atoms with Gasteiger partial charge in [-0.05, 0) is 5.56 Å². The number of anilines is 1. The molecule has 0 amide bonds. The van der Waals surface area contributed by atoms with Crippen LogP contribution in [0.5, 0.6) is 0 Å². The summed E-state index contributed by atoms with van der Waals surface area (Å²) < 4.78 is 0. The number of thiazole rings is 1. The highest BCUT2D eigenvalue weighted by molar-refractivity contribution is 7.17. The molecule has 0 spiro atoms. The molecule has 1 heterocycles. The van der Waals surface area contributed by atoms with Crippen LogP contribution in [0.3, 0.4) is 0 Å². The second-order valence-corrected chi connectivity index (χ2v) is 4.46. The van der Waals surface area contributed by atoms with E-state index in [1.165, 1.54) is 16.9 Å². The van der Waals surface area contributed by atoms with Gasteiger partial charge in [-0.1, -0.05) is 41.7 Å². The Bertz CT molecular complexity index is 479. The van der Waals surface area contributed by atoms with Gasteiger partial charge in [0, 0.05) is 13.5 Å². The lowest BCUT2D eigenvalue weighted by atomic mass is 10.2.